The number of aryl methyl sites for hydroxylation is 1. The molecule has 1 spiro atoms. The van der Waals surface area contributed by atoms with Crippen LogP contribution in [0.2, 0.25) is 0 Å². The fourth-order valence-corrected chi connectivity index (χ4v) is 5.58. The molecule has 0 aliphatic carbocycles. The van der Waals surface area contributed by atoms with E-state index in [1.54, 1.807) is 6.92 Å². The van der Waals surface area contributed by atoms with Gasteiger partial charge >= 0.3 is 0 Å². The van der Waals surface area contributed by atoms with Gasteiger partial charge in [-0.3, -0.25) is 24.6 Å². The zero-order chi connectivity index (χ0) is 22.6. The van der Waals surface area contributed by atoms with Crippen molar-refractivity contribution >= 4 is 23.4 Å². The van der Waals surface area contributed by atoms with Crippen LogP contribution in [0.25, 0.3) is 0 Å². The smallest absolute Gasteiger partial charge is 0.250 e. The quantitative estimate of drug-likeness (QED) is 0.622. The van der Waals surface area contributed by atoms with Crippen molar-refractivity contribution in [3.8, 4) is 0 Å². The molecule has 0 saturated carbocycles. The Bertz CT molecular complexity index is 1100. The Balaban J connectivity index is 1.56. The minimum absolute atomic E-state index is 0.251. The van der Waals surface area contributed by atoms with E-state index in [1.807, 2.05) is 55.5 Å². The summed E-state index contributed by atoms with van der Waals surface area (Å²) in [6, 6.07) is 14.7. The number of likely N-dealkylation sites (tertiary alicyclic amines) is 1. The molecule has 0 aromatic heterocycles. The number of hydrogen-bond donors (Lipinski definition) is 3. The molecule has 166 valence electrons. The molecule has 5 atom stereocenters. The molecule has 3 aliphatic heterocycles. The number of fused-ring (bicyclic) bond motifs is 4. The summed E-state index contributed by atoms with van der Waals surface area (Å²) >= 11 is 0. The second-order valence-corrected chi connectivity index (χ2v) is 8.97. The Hall–Kier alpha value is -3.03. The summed E-state index contributed by atoms with van der Waals surface area (Å²) in [4.78, 5) is 41.8. The number of nitrogens with one attached hydrogen (secondary N) is 2. The normalized spacial score (nSPS) is 29.4. The molecule has 3 amide bonds. The lowest BCUT2D eigenvalue weighted by molar-refractivity contribution is -0.143. The highest BCUT2D eigenvalue weighted by atomic mass is 16.3. The van der Waals surface area contributed by atoms with E-state index in [2.05, 4.69) is 10.6 Å². The standard InChI is InChI=1S/C25H27N3O4/c1-3-15-9-10-18-17(13-15)25(24(32)26-18)20-19(21(27-25)14(2)29)22(30)28(23(20)31)12-11-16-7-5-4-6-8-16/h4-10,13-14,19-21,27,29H,3,11-12H2,1-2H3,(H,26,32)/t14-,19+,20+,21-,25+/m1/s1. The molecule has 2 fully saturated rings. The number of amides is 3. The molecular weight excluding hydrogens is 406 g/mol. The van der Waals surface area contributed by atoms with Crippen molar-refractivity contribution in [1.82, 2.24) is 10.2 Å². The number of carbonyl (C=O) groups is 3. The van der Waals surface area contributed by atoms with Gasteiger partial charge in [-0.2, -0.15) is 0 Å². The maximum Gasteiger partial charge on any atom is 0.250 e. The van der Waals surface area contributed by atoms with E-state index in [1.165, 1.54) is 4.90 Å². The van der Waals surface area contributed by atoms with Crippen molar-refractivity contribution in [1.29, 1.82) is 0 Å². The highest BCUT2D eigenvalue weighted by Gasteiger charge is 2.71. The fraction of sp³-hybridized carbons (Fsp3) is 0.400. The number of carbonyl (C=O) groups excluding carboxylic acids is 3. The number of aliphatic hydroxyl groups excluding tert-OH is 1. The fourth-order valence-electron chi connectivity index (χ4n) is 5.58. The molecule has 7 heteroatoms. The highest BCUT2D eigenvalue weighted by Crippen LogP contribution is 2.53. The Kier molecular flexibility index (Phi) is 4.91. The molecule has 0 radical (unpaired) electrons. The van der Waals surface area contributed by atoms with Crippen LogP contribution in [0.5, 0.6) is 0 Å². The van der Waals surface area contributed by atoms with Crippen LogP contribution < -0.4 is 10.6 Å². The maximum atomic E-state index is 13.7. The molecule has 3 aliphatic rings. The average Bonchev–Trinajstić information content (AvgIpc) is 3.38. The van der Waals surface area contributed by atoms with Crippen LogP contribution in [0.4, 0.5) is 5.69 Å². The third kappa shape index (κ3) is 2.84. The predicted molar refractivity (Wildman–Crippen MR) is 119 cm³/mol. The molecule has 2 aromatic rings. The summed E-state index contributed by atoms with van der Waals surface area (Å²) in [5.41, 5.74) is 2.04. The topological polar surface area (TPSA) is 98.7 Å². The summed E-state index contributed by atoms with van der Waals surface area (Å²) in [6.07, 6.45) is 0.417. The van der Waals surface area contributed by atoms with E-state index in [-0.39, 0.29) is 24.3 Å². The second-order valence-electron chi connectivity index (χ2n) is 8.97. The Morgan fingerprint density at radius 1 is 1.06 bits per heavy atom. The van der Waals surface area contributed by atoms with Gasteiger partial charge in [0.25, 0.3) is 0 Å². The van der Waals surface area contributed by atoms with E-state index in [4.69, 9.17) is 0 Å². The molecule has 0 unspecified atom stereocenters. The minimum atomic E-state index is -1.36. The van der Waals surface area contributed by atoms with Crippen molar-refractivity contribution < 1.29 is 19.5 Å². The highest BCUT2D eigenvalue weighted by molar-refractivity contribution is 6.15. The van der Waals surface area contributed by atoms with Gasteiger partial charge in [-0.25, -0.2) is 0 Å². The molecule has 2 saturated heterocycles. The third-order valence-corrected chi connectivity index (χ3v) is 7.20. The van der Waals surface area contributed by atoms with Gasteiger partial charge < -0.3 is 10.4 Å². The van der Waals surface area contributed by atoms with E-state index in [9.17, 15) is 19.5 Å². The second kappa shape index (κ2) is 7.53. The van der Waals surface area contributed by atoms with Crippen LogP contribution in [0.1, 0.15) is 30.5 Å². The number of benzene rings is 2. The maximum absolute atomic E-state index is 13.7. The minimum Gasteiger partial charge on any atom is -0.392 e. The van der Waals surface area contributed by atoms with Crippen molar-refractivity contribution in [3.05, 3.63) is 65.2 Å². The largest absolute Gasteiger partial charge is 0.392 e. The van der Waals surface area contributed by atoms with Crippen molar-refractivity contribution in [2.75, 3.05) is 11.9 Å². The van der Waals surface area contributed by atoms with Gasteiger partial charge in [0, 0.05) is 23.8 Å². The molecule has 7 nitrogen and oxygen atoms in total. The van der Waals surface area contributed by atoms with Gasteiger partial charge in [0.2, 0.25) is 17.7 Å². The summed E-state index contributed by atoms with van der Waals surface area (Å²) in [5, 5.41) is 16.6. The Labute approximate surface area is 186 Å². The van der Waals surface area contributed by atoms with E-state index in [0.717, 1.165) is 17.5 Å². The predicted octanol–water partition coefficient (Wildman–Crippen LogP) is 1.59. The van der Waals surface area contributed by atoms with Gasteiger partial charge in [0.05, 0.1) is 17.9 Å². The number of imide groups is 1. The van der Waals surface area contributed by atoms with E-state index < -0.39 is 29.5 Å². The molecule has 32 heavy (non-hydrogen) atoms. The Morgan fingerprint density at radius 2 is 1.81 bits per heavy atom. The summed E-state index contributed by atoms with van der Waals surface area (Å²) in [5.74, 6) is -2.69. The van der Waals surface area contributed by atoms with Gasteiger partial charge in [-0.1, -0.05) is 49.4 Å². The molecule has 5 rings (SSSR count). The number of hydrogen-bond acceptors (Lipinski definition) is 5. The molecule has 3 heterocycles. The first-order chi connectivity index (χ1) is 15.4. The van der Waals surface area contributed by atoms with Crippen LogP contribution in [-0.2, 0) is 32.8 Å². The van der Waals surface area contributed by atoms with E-state index in [0.29, 0.717) is 17.7 Å². The van der Waals surface area contributed by atoms with Gasteiger partial charge in [0.15, 0.2) is 0 Å². The molecule has 3 N–H and O–H groups in total. The number of nitrogens with zero attached hydrogens (tertiary/aromatic N) is 1. The third-order valence-electron chi connectivity index (χ3n) is 7.20. The average molecular weight is 434 g/mol. The monoisotopic (exact) mass is 433 g/mol. The molecule has 0 bridgehead atoms. The van der Waals surface area contributed by atoms with Gasteiger partial charge in [-0.05, 0) is 37.0 Å². The lowest BCUT2D eigenvalue weighted by Crippen LogP contribution is -2.55. The van der Waals surface area contributed by atoms with Crippen LogP contribution in [0.3, 0.4) is 0 Å². The zero-order valence-electron chi connectivity index (χ0n) is 18.2. The first-order valence-corrected chi connectivity index (χ1v) is 11.2. The SMILES string of the molecule is CCc1ccc2c(c1)[C@@]1(N[C@H]([C@@H](C)O)[C@H]3C(=O)N(CCc4ccccc4)C(=O)[C@H]31)C(=O)N2. The first kappa shape index (κ1) is 20.8. The van der Waals surface area contributed by atoms with E-state index >= 15 is 0 Å². The van der Waals surface area contributed by atoms with Crippen LogP contribution in [-0.4, -0.2) is 46.4 Å². The summed E-state index contributed by atoms with van der Waals surface area (Å²) < 4.78 is 0. The van der Waals surface area contributed by atoms with Gasteiger partial charge in [0.1, 0.15) is 5.54 Å². The van der Waals surface area contributed by atoms with Crippen LogP contribution >= 0.6 is 0 Å². The number of aliphatic hydroxyl groups is 1. The molecule has 2 aromatic carbocycles. The number of rotatable bonds is 5. The zero-order valence-corrected chi connectivity index (χ0v) is 18.2. The van der Waals surface area contributed by atoms with Gasteiger partial charge in [-0.15, -0.1) is 0 Å². The lowest BCUT2D eigenvalue weighted by atomic mass is 9.76. The van der Waals surface area contributed by atoms with Crippen LogP contribution in [0, 0.1) is 11.8 Å². The lowest BCUT2D eigenvalue weighted by Gasteiger charge is -2.30. The number of anilines is 1. The summed E-state index contributed by atoms with van der Waals surface area (Å²) in [7, 11) is 0. The van der Waals surface area contributed by atoms with Crippen LogP contribution in [0.15, 0.2) is 48.5 Å². The van der Waals surface area contributed by atoms with Crippen molar-refractivity contribution in [3.63, 3.8) is 0 Å². The first-order valence-electron chi connectivity index (χ1n) is 11.2. The summed E-state index contributed by atoms with van der Waals surface area (Å²) in [6.45, 7) is 3.87. The molecular formula is C25H27N3O4. The Morgan fingerprint density at radius 3 is 2.50 bits per heavy atom. The van der Waals surface area contributed by atoms with Crippen molar-refractivity contribution in [2.45, 2.75) is 44.4 Å². The van der Waals surface area contributed by atoms with Crippen molar-refractivity contribution in [2.24, 2.45) is 11.8 Å².